The number of primary amides is 1. The van der Waals surface area contributed by atoms with E-state index in [0.29, 0.717) is 25.1 Å². The molecule has 0 spiro atoms. The Labute approximate surface area is 172 Å². The number of alkyl halides is 2. The van der Waals surface area contributed by atoms with Crippen LogP contribution in [0.25, 0.3) is 0 Å². The summed E-state index contributed by atoms with van der Waals surface area (Å²) in [7, 11) is 0. The van der Waals surface area contributed by atoms with Crippen LogP contribution in [0.5, 0.6) is 0 Å². The summed E-state index contributed by atoms with van der Waals surface area (Å²) < 4.78 is 26.7. The largest absolute Gasteiger partial charge is 0.376 e. The highest BCUT2D eigenvalue weighted by molar-refractivity contribution is 6.44. The molecule has 5 N–H and O–H groups in total. The summed E-state index contributed by atoms with van der Waals surface area (Å²) in [6.07, 6.45) is 0.735. The van der Waals surface area contributed by atoms with Gasteiger partial charge < -0.3 is 21.3 Å². The number of carbonyl (C=O) groups excluding carboxylic acids is 3. The van der Waals surface area contributed by atoms with Crippen molar-refractivity contribution in [2.45, 2.75) is 50.1 Å². The molecule has 1 aliphatic carbocycles. The van der Waals surface area contributed by atoms with Gasteiger partial charge in [-0.15, -0.1) is 0 Å². The smallest absolute Gasteiger partial charge is 0.267 e. The Morgan fingerprint density at radius 3 is 2.63 bits per heavy atom. The lowest BCUT2D eigenvalue weighted by molar-refractivity contribution is -0.137. The van der Waals surface area contributed by atoms with E-state index in [9.17, 15) is 23.2 Å². The van der Waals surface area contributed by atoms with Crippen LogP contribution in [0.3, 0.4) is 0 Å². The predicted molar refractivity (Wildman–Crippen MR) is 106 cm³/mol. The zero-order chi connectivity index (χ0) is 21.9. The van der Waals surface area contributed by atoms with Crippen molar-refractivity contribution < 1.29 is 23.2 Å². The molecule has 8 nitrogen and oxygen atoms in total. The third-order valence-electron chi connectivity index (χ3n) is 5.50. The number of nitrogens with two attached hydrogens (primary N) is 1. The van der Waals surface area contributed by atoms with Gasteiger partial charge in [0.1, 0.15) is 11.8 Å². The van der Waals surface area contributed by atoms with Crippen LogP contribution < -0.4 is 16.4 Å². The van der Waals surface area contributed by atoms with Gasteiger partial charge in [0, 0.05) is 36.7 Å². The number of nitrogens with zero attached hydrogens (tertiary/aromatic N) is 1. The first-order chi connectivity index (χ1) is 14.2. The Bertz CT molecular complexity index is 861. The Balaban J connectivity index is 1.60. The molecule has 1 unspecified atom stereocenters. The van der Waals surface area contributed by atoms with Gasteiger partial charge in [-0.1, -0.05) is 18.2 Å². The minimum atomic E-state index is -2.75. The maximum Gasteiger partial charge on any atom is 0.267 e. The summed E-state index contributed by atoms with van der Waals surface area (Å²) in [5, 5.41) is 13.3. The van der Waals surface area contributed by atoms with Crippen LogP contribution in [0, 0.1) is 5.41 Å². The van der Waals surface area contributed by atoms with Gasteiger partial charge in [0.2, 0.25) is 17.7 Å². The fourth-order valence-corrected chi connectivity index (χ4v) is 3.97. The van der Waals surface area contributed by atoms with E-state index in [0.717, 1.165) is 0 Å². The average Bonchev–Trinajstić information content (AvgIpc) is 3.32. The fourth-order valence-electron chi connectivity index (χ4n) is 3.97. The Hall–Kier alpha value is -3.04. The summed E-state index contributed by atoms with van der Waals surface area (Å²) in [6.45, 7) is 0.256. The number of hydrogen-bond donors (Lipinski definition) is 4. The molecule has 2 fully saturated rings. The molecule has 1 saturated heterocycles. The summed E-state index contributed by atoms with van der Waals surface area (Å²) in [6, 6.07) is 5.24. The van der Waals surface area contributed by atoms with Gasteiger partial charge >= 0.3 is 0 Å². The minimum absolute atomic E-state index is 0.145. The van der Waals surface area contributed by atoms with E-state index in [1.807, 2.05) is 0 Å². The van der Waals surface area contributed by atoms with E-state index < -0.39 is 29.8 Å². The van der Waals surface area contributed by atoms with Crippen molar-refractivity contribution in [3.8, 4) is 0 Å². The number of anilines is 1. The van der Waals surface area contributed by atoms with Crippen LogP contribution in [0.15, 0.2) is 24.3 Å². The van der Waals surface area contributed by atoms with Crippen molar-refractivity contribution in [2.75, 3.05) is 18.4 Å². The van der Waals surface area contributed by atoms with Gasteiger partial charge in [-0.3, -0.25) is 19.8 Å². The molecule has 3 rings (SSSR count). The lowest BCUT2D eigenvalue weighted by Crippen LogP contribution is -2.49. The highest BCUT2D eigenvalue weighted by Crippen LogP contribution is 2.35. The molecular weight excluding hydrogens is 396 g/mol. The number of rotatable bonds is 7. The molecule has 0 bridgehead atoms. The van der Waals surface area contributed by atoms with E-state index in [-0.39, 0.29) is 43.0 Å². The van der Waals surface area contributed by atoms with Crippen molar-refractivity contribution in [2.24, 2.45) is 5.73 Å². The summed E-state index contributed by atoms with van der Waals surface area (Å²) in [5.41, 5.74) is 5.47. The SMILES string of the molecule is N=C(C(N)=O)c1ccccc1NCC(=O)N1CCC[C@H]1C(=O)NC1CCC(F)(F)C1. The number of nitrogens with one attached hydrogen (secondary N) is 3. The molecule has 0 radical (unpaired) electrons. The second kappa shape index (κ2) is 8.76. The molecule has 1 aliphatic heterocycles. The number of hydrogen-bond acceptors (Lipinski definition) is 5. The maximum absolute atomic E-state index is 13.4. The molecule has 0 aromatic heterocycles. The molecule has 1 saturated carbocycles. The Morgan fingerprint density at radius 2 is 1.97 bits per heavy atom. The number of likely N-dealkylation sites (tertiary alicyclic amines) is 1. The van der Waals surface area contributed by atoms with Crippen LogP contribution in [0.1, 0.15) is 37.7 Å². The van der Waals surface area contributed by atoms with Crippen molar-refractivity contribution in [3.63, 3.8) is 0 Å². The lowest BCUT2D eigenvalue weighted by Gasteiger charge is -2.26. The molecule has 162 valence electrons. The summed E-state index contributed by atoms with van der Waals surface area (Å²) >= 11 is 0. The number of carbonyl (C=O) groups is 3. The summed E-state index contributed by atoms with van der Waals surface area (Å²) in [4.78, 5) is 38.0. The van der Waals surface area contributed by atoms with Gasteiger partial charge in [0.05, 0.1) is 6.54 Å². The zero-order valence-corrected chi connectivity index (χ0v) is 16.4. The Morgan fingerprint density at radius 1 is 1.23 bits per heavy atom. The van der Waals surface area contributed by atoms with Crippen LogP contribution in [-0.2, 0) is 14.4 Å². The van der Waals surface area contributed by atoms with Gasteiger partial charge in [0.25, 0.3) is 5.91 Å². The van der Waals surface area contributed by atoms with Gasteiger partial charge in [-0.25, -0.2) is 8.78 Å². The highest BCUT2D eigenvalue weighted by Gasteiger charge is 2.42. The number of benzene rings is 1. The predicted octanol–water partition coefficient (Wildman–Crippen LogP) is 1.25. The van der Waals surface area contributed by atoms with Crippen LogP contribution >= 0.6 is 0 Å². The molecule has 1 aromatic carbocycles. The van der Waals surface area contributed by atoms with Gasteiger partial charge in [0.15, 0.2) is 0 Å². The monoisotopic (exact) mass is 421 g/mol. The second-order valence-corrected chi connectivity index (χ2v) is 7.69. The third-order valence-corrected chi connectivity index (χ3v) is 5.50. The Kier molecular flexibility index (Phi) is 6.33. The van der Waals surface area contributed by atoms with Crippen molar-refractivity contribution in [1.82, 2.24) is 10.2 Å². The molecule has 3 amide bonds. The number of halogens is 2. The highest BCUT2D eigenvalue weighted by atomic mass is 19.3. The number of amides is 3. The average molecular weight is 421 g/mol. The van der Waals surface area contributed by atoms with E-state index in [4.69, 9.17) is 11.1 Å². The zero-order valence-electron chi connectivity index (χ0n) is 16.4. The molecule has 2 atom stereocenters. The van der Waals surface area contributed by atoms with Crippen molar-refractivity contribution in [3.05, 3.63) is 29.8 Å². The first kappa shape index (κ1) is 21.7. The maximum atomic E-state index is 13.4. The standard InChI is InChI=1S/C20H25F2N5O3/c21-20(22)8-7-12(10-20)26-19(30)15-6-3-9-27(15)16(28)11-25-14-5-2-1-4-13(14)17(23)18(24)29/h1-2,4-5,12,15,23,25H,3,6-11H2,(H2,24,29)(H,26,30)/t12?,15-/m0/s1. The van der Waals surface area contributed by atoms with E-state index in [1.165, 1.54) is 4.90 Å². The minimum Gasteiger partial charge on any atom is -0.376 e. The van der Waals surface area contributed by atoms with E-state index in [2.05, 4.69) is 10.6 Å². The quantitative estimate of drug-likeness (QED) is 0.494. The van der Waals surface area contributed by atoms with Gasteiger partial charge in [-0.05, 0) is 25.3 Å². The molecule has 30 heavy (non-hydrogen) atoms. The molecular formula is C20H25F2N5O3. The van der Waals surface area contributed by atoms with Crippen LogP contribution in [-0.4, -0.2) is 59.4 Å². The van der Waals surface area contributed by atoms with Crippen LogP contribution in [0.2, 0.25) is 0 Å². The molecule has 1 aromatic rings. The molecule has 1 heterocycles. The fraction of sp³-hybridized carbons (Fsp3) is 0.500. The van der Waals surface area contributed by atoms with E-state index >= 15 is 0 Å². The first-order valence-electron chi connectivity index (χ1n) is 9.87. The van der Waals surface area contributed by atoms with Crippen molar-refractivity contribution >= 4 is 29.1 Å². The lowest BCUT2D eigenvalue weighted by atomic mass is 10.1. The first-order valence-corrected chi connectivity index (χ1v) is 9.87. The van der Waals surface area contributed by atoms with Crippen LogP contribution in [0.4, 0.5) is 14.5 Å². The number of para-hydroxylation sites is 1. The second-order valence-electron chi connectivity index (χ2n) is 7.69. The van der Waals surface area contributed by atoms with Gasteiger partial charge in [-0.2, -0.15) is 0 Å². The normalized spacial score (nSPS) is 22.5. The van der Waals surface area contributed by atoms with Crippen molar-refractivity contribution in [1.29, 1.82) is 5.41 Å². The van der Waals surface area contributed by atoms with E-state index in [1.54, 1.807) is 24.3 Å². The molecule has 2 aliphatic rings. The topological polar surface area (TPSA) is 128 Å². The summed E-state index contributed by atoms with van der Waals surface area (Å²) in [5.74, 6) is -4.37. The molecule has 10 heteroatoms. The third kappa shape index (κ3) is 4.92.